The molecule has 1 aromatic carbocycles. The summed E-state index contributed by atoms with van der Waals surface area (Å²) in [6.45, 7) is 9.47. The van der Waals surface area contributed by atoms with Gasteiger partial charge in [-0.2, -0.15) is 0 Å². The number of benzene rings is 1. The number of anilines is 1. The van der Waals surface area contributed by atoms with Gasteiger partial charge < -0.3 is 10.6 Å². The number of hydrogen-bond donors (Lipinski definition) is 2. The van der Waals surface area contributed by atoms with Crippen molar-refractivity contribution in [3.8, 4) is 0 Å². The second-order valence-corrected chi connectivity index (χ2v) is 7.47. The van der Waals surface area contributed by atoms with Crippen LogP contribution >= 0.6 is 11.6 Å². The zero-order valence-corrected chi connectivity index (χ0v) is 15.8. The van der Waals surface area contributed by atoms with E-state index in [-0.39, 0.29) is 22.9 Å². The molecule has 0 spiro atoms. The summed E-state index contributed by atoms with van der Waals surface area (Å²) < 4.78 is 0. The summed E-state index contributed by atoms with van der Waals surface area (Å²) in [4.78, 5) is 28.8. The highest BCUT2D eigenvalue weighted by Crippen LogP contribution is 2.27. The zero-order valence-electron chi connectivity index (χ0n) is 15.0. The first-order valence-electron chi connectivity index (χ1n) is 7.92. The molecule has 2 aromatic rings. The quantitative estimate of drug-likeness (QED) is 0.865. The summed E-state index contributed by atoms with van der Waals surface area (Å²) in [6, 6.07) is 5.24. The van der Waals surface area contributed by atoms with E-state index in [1.54, 1.807) is 6.07 Å². The van der Waals surface area contributed by atoms with Gasteiger partial charge in [-0.3, -0.25) is 14.6 Å². The van der Waals surface area contributed by atoms with Gasteiger partial charge in [-0.05, 0) is 57.9 Å². The van der Waals surface area contributed by atoms with Gasteiger partial charge in [-0.1, -0.05) is 17.7 Å². The van der Waals surface area contributed by atoms with E-state index < -0.39 is 0 Å². The van der Waals surface area contributed by atoms with Gasteiger partial charge in [0.25, 0.3) is 11.8 Å². The largest absolute Gasteiger partial charge is 0.347 e. The molecule has 6 heteroatoms. The lowest BCUT2D eigenvalue weighted by Gasteiger charge is -2.20. The normalized spacial score (nSPS) is 11.1. The van der Waals surface area contributed by atoms with Crippen LogP contribution in [0.4, 0.5) is 5.69 Å². The van der Waals surface area contributed by atoms with Gasteiger partial charge in [-0.25, -0.2) is 0 Å². The standard InChI is InChI=1S/C19H22ClN3O2/c1-11-6-12(2)16(15(20)7-11)22-17(24)13-8-14(10-21-9-13)18(25)23-19(3,4)5/h6-10H,1-5H3,(H,22,24)(H,23,25). The molecule has 2 rings (SSSR count). The summed E-state index contributed by atoms with van der Waals surface area (Å²) in [5, 5.41) is 6.11. The Balaban J connectivity index is 2.24. The lowest BCUT2D eigenvalue weighted by atomic mass is 10.1. The number of amides is 2. The maximum Gasteiger partial charge on any atom is 0.257 e. The fraction of sp³-hybridized carbons (Fsp3) is 0.316. The van der Waals surface area contributed by atoms with Crippen molar-refractivity contribution in [2.24, 2.45) is 0 Å². The highest BCUT2D eigenvalue weighted by molar-refractivity contribution is 6.34. The van der Waals surface area contributed by atoms with Crippen molar-refractivity contribution in [3.63, 3.8) is 0 Å². The molecule has 5 nitrogen and oxygen atoms in total. The van der Waals surface area contributed by atoms with Gasteiger partial charge in [0, 0.05) is 17.9 Å². The maximum atomic E-state index is 12.5. The topological polar surface area (TPSA) is 71.1 Å². The zero-order chi connectivity index (χ0) is 18.8. The number of nitrogens with one attached hydrogen (secondary N) is 2. The predicted molar refractivity (Wildman–Crippen MR) is 100 cm³/mol. The Bertz CT molecular complexity index is 803. The van der Waals surface area contributed by atoms with E-state index in [1.807, 2.05) is 40.7 Å². The Morgan fingerprint density at radius 3 is 2.16 bits per heavy atom. The van der Waals surface area contributed by atoms with Crippen LogP contribution < -0.4 is 10.6 Å². The Morgan fingerprint density at radius 1 is 1.00 bits per heavy atom. The number of hydrogen-bond acceptors (Lipinski definition) is 3. The molecule has 2 amide bonds. The van der Waals surface area contributed by atoms with E-state index in [0.717, 1.165) is 11.1 Å². The Morgan fingerprint density at radius 2 is 1.60 bits per heavy atom. The summed E-state index contributed by atoms with van der Waals surface area (Å²) >= 11 is 6.23. The van der Waals surface area contributed by atoms with E-state index >= 15 is 0 Å². The van der Waals surface area contributed by atoms with Gasteiger partial charge in [0.05, 0.1) is 21.8 Å². The fourth-order valence-corrected chi connectivity index (χ4v) is 2.73. The number of aromatic nitrogens is 1. The smallest absolute Gasteiger partial charge is 0.257 e. The van der Waals surface area contributed by atoms with Gasteiger partial charge in [0.2, 0.25) is 0 Å². The molecule has 0 aliphatic carbocycles. The summed E-state index contributed by atoms with van der Waals surface area (Å²) in [6.07, 6.45) is 2.85. The van der Waals surface area contributed by atoms with E-state index in [4.69, 9.17) is 11.6 Å². The summed E-state index contributed by atoms with van der Waals surface area (Å²) in [5.41, 5.74) is 2.69. The lowest BCUT2D eigenvalue weighted by Crippen LogP contribution is -2.40. The van der Waals surface area contributed by atoms with Crippen LogP contribution in [0.5, 0.6) is 0 Å². The summed E-state index contributed by atoms with van der Waals surface area (Å²) in [7, 11) is 0. The van der Waals surface area contributed by atoms with E-state index in [1.165, 1.54) is 18.5 Å². The number of carbonyl (C=O) groups excluding carboxylic acids is 2. The first kappa shape index (κ1) is 18.9. The minimum atomic E-state index is -0.373. The first-order valence-corrected chi connectivity index (χ1v) is 8.30. The van der Waals surface area contributed by atoms with Crippen LogP contribution in [0, 0.1) is 13.8 Å². The maximum absolute atomic E-state index is 12.5. The molecule has 0 fully saturated rings. The van der Waals surface area contributed by atoms with Crippen molar-refractivity contribution in [2.45, 2.75) is 40.2 Å². The highest BCUT2D eigenvalue weighted by Gasteiger charge is 2.18. The van der Waals surface area contributed by atoms with Crippen LogP contribution in [0.3, 0.4) is 0 Å². The first-order chi connectivity index (χ1) is 11.6. The number of halogens is 1. The van der Waals surface area contributed by atoms with Crippen LogP contribution in [0.1, 0.15) is 52.6 Å². The monoisotopic (exact) mass is 359 g/mol. The Labute approximate surface area is 152 Å². The lowest BCUT2D eigenvalue weighted by molar-refractivity contribution is 0.0919. The van der Waals surface area contributed by atoms with E-state index in [9.17, 15) is 9.59 Å². The number of aryl methyl sites for hydroxylation is 2. The van der Waals surface area contributed by atoms with Crippen molar-refractivity contribution >= 4 is 29.1 Å². The number of nitrogens with zero attached hydrogens (tertiary/aromatic N) is 1. The minimum absolute atomic E-state index is 0.279. The van der Waals surface area contributed by atoms with Crippen LogP contribution in [0.25, 0.3) is 0 Å². The second-order valence-electron chi connectivity index (χ2n) is 7.06. The number of carbonyl (C=O) groups is 2. The molecule has 0 unspecified atom stereocenters. The Kier molecular flexibility index (Phi) is 5.48. The van der Waals surface area contributed by atoms with Gasteiger partial charge in [0.15, 0.2) is 0 Å². The molecule has 0 aliphatic rings. The minimum Gasteiger partial charge on any atom is -0.347 e. The van der Waals surface area contributed by atoms with E-state index in [0.29, 0.717) is 16.3 Å². The predicted octanol–water partition coefficient (Wildman–Crippen LogP) is 4.13. The van der Waals surface area contributed by atoms with Crippen molar-refractivity contribution in [3.05, 3.63) is 57.9 Å². The molecule has 1 heterocycles. The molecular weight excluding hydrogens is 338 g/mol. The van der Waals surface area contributed by atoms with Crippen molar-refractivity contribution in [1.29, 1.82) is 0 Å². The molecule has 0 aliphatic heterocycles. The molecule has 0 saturated heterocycles. The fourth-order valence-electron chi connectivity index (χ4n) is 2.36. The molecular formula is C19H22ClN3O2. The molecule has 1 aromatic heterocycles. The number of pyridine rings is 1. The average molecular weight is 360 g/mol. The van der Waals surface area contributed by atoms with Crippen molar-refractivity contribution in [2.75, 3.05) is 5.32 Å². The molecule has 2 N–H and O–H groups in total. The van der Waals surface area contributed by atoms with Crippen LogP contribution in [0.15, 0.2) is 30.6 Å². The van der Waals surface area contributed by atoms with Crippen LogP contribution in [0.2, 0.25) is 5.02 Å². The van der Waals surface area contributed by atoms with Gasteiger partial charge >= 0.3 is 0 Å². The molecule has 0 bridgehead atoms. The highest BCUT2D eigenvalue weighted by atomic mass is 35.5. The number of rotatable bonds is 3. The van der Waals surface area contributed by atoms with Crippen molar-refractivity contribution < 1.29 is 9.59 Å². The third-order valence-electron chi connectivity index (χ3n) is 3.42. The average Bonchev–Trinajstić information content (AvgIpc) is 2.49. The SMILES string of the molecule is Cc1cc(C)c(NC(=O)c2cncc(C(=O)NC(C)(C)C)c2)c(Cl)c1. The van der Waals surface area contributed by atoms with Crippen molar-refractivity contribution in [1.82, 2.24) is 10.3 Å². The van der Waals surface area contributed by atoms with Gasteiger partial charge in [-0.15, -0.1) is 0 Å². The van der Waals surface area contributed by atoms with E-state index in [2.05, 4.69) is 15.6 Å². The molecule has 132 valence electrons. The molecule has 0 atom stereocenters. The van der Waals surface area contributed by atoms with Gasteiger partial charge in [0.1, 0.15) is 0 Å². The molecule has 25 heavy (non-hydrogen) atoms. The van der Waals surface area contributed by atoms with Crippen LogP contribution in [-0.4, -0.2) is 22.3 Å². The third kappa shape index (κ3) is 5.03. The molecule has 0 saturated carbocycles. The molecule has 0 radical (unpaired) electrons. The second kappa shape index (κ2) is 7.23. The van der Waals surface area contributed by atoms with Crippen LogP contribution in [-0.2, 0) is 0 Å². The Hall–Kier alpha value is -2.40. The third-order valence-corrected chi connectivity index (χ3v) is 3.72. The summed E-state index contributed by atoms with van der Waals surface area (Å²) in [5.74, 6) is -0.647.